The van der Waals surface area contributed by atoms with Gasteiger partial charge in [0.2, 0.25) is 0 Å². The van der Waals surface area contributed by atoms with Crippen molar-refractivity contribution < 1.29 is 0 Å². The third-order valence-electron chi connectivity index (χ3n) is 8.66. The standard InChI is InChI=1S/C31H44N2/c1-8-29(30-19-20-31(30)33-28-17-13-10-14-18-28)25(6)23(4)21(2)22(3)24(5)26(7)32-27-15-11-9-12-16-27/h8-26,29-33H,1H2,2-7H3/t21-,22+,23-,24-,25-,26-,29-,30-,31?/m1/s1. The van der Waals surface area contributed by atoms with E-state index in [9.17, 15) is 0 Å². The van der Waals surface area contributed by atoms with Crippen LogP contribution in [0.5, 0.6) is 0 Å². The molecular weight excluding hydrogens is 400 g/mol. The first-order chi connectivity index (χ1) is 15.8. The van der Waals surface area contributed by atoms with Gasteiger partial charge in [-0.3, -0.25) is 0 Å². The average Bonchev–Trinajstić information content (AvgIpc) is 2.83. The molecule has 3 rings (SSSR count). The van der Waals surface area contributed by atoms with E-state index in [1.54, 1.807) is 0 Å². The predicted molar refractivity (Wildman–Crippen MR) is 146 cm³/mol. The van der Waals surface area contributed by atoms with Crippen LogP contribution in [0.1, 0.15) is 41.5 Å². The molecule has 2 aromatic rings. The summed E-state index contributed by atoms with van der Waals surface area (Å²) in [5.41, 5.74) is 2.40. The number of rotatable bonds is 12. The Morgan fingerprint density at radius 2 is 1.18 bits per heavy atom. The first-order valence-electron chi connectivity index (χ1n) is 12.8. The van der Waals surface area contributed by atoms with Gasteiger partial charge < -0.3 is 10.6 Å². The summed E-state index contributed by atoms with van der Waals surface area (Å²) in [6.07, 6.45) is 6.88. The minimum Gasteiger partial charge on any atom is -0.382 e. The molecule has 1 unspecified atom stereocenters. The summed E-state index contributed by atoms with van der Waals surface area (Å²) in [6, 6.07) is 21.9. The summed E-state index contributed by atoms with van der Waals surface area (Å²) in [5.74, 6) is 3.97. The molecule has 0 aromatic heterocycles. The van der Waals surface area contributed by atoms with E-state index in [0.717, 1.165) is 0 Å². The molecule has 0 radical (unpaired) electrons. The van der Waals surface area contributed by atoms with Gasteiger partial charge >= 0.3 is 0 Å². The SMILES string of the molecule is C=C[C@H]([C@H](C)[C@H](C)[C@H](C)[C@H](C)[C@@H](C)[C@@H](C)Nc1ccccc1)[C@H]1C=CC1Nc1ccccc1. The fourth-order valence-corrected chi connectivity index (χ4v) is 5.48. The van der Waals surface area contributed by atoms with Crippen LogP contribution in [0.3, 0.4) is 0 Å². The lowest BCUT2D eigenvalue weighted by molar-refractivity contribution is 0.126. The van der Waals surface area contributed by atoms with E-state index in [1.807, 2.05) is 0 Å². The van der Waals surface area contributed by atoms with Gasteiger partial charge in [0.05, 0.1) is 6.04 Å². The molecule has 2 heteroatoms. The van der Waals surface area contributed by atoms with Crippen LogP contribution in [0.2, 0.25) is 0 Å². The number of hydrogen-bond donors (Lipinski definition) is 2. The van der Waals surface area contributed by atoms with Crippen LogP contribution in [-0.4, -0.2) is 12.1 Å². The van der Waals surface area contributed by atoms with Crippen molar-refractivity contribution in [2.24, 2.45) is 41.4 Å². The molecule has 0 fully saturated rings. The van der Waals surface area contributed by atoms with Crippen LogP contribution in [0.4, 0.5) is 11.4 Å². The van der Waals surface area contributed by atoms with Crippen molar-refractivity contribution >= 4 is 11.4 Å². The first kappa shape index (κ1) is 25.1. The smallest absolute Gasteiger partial charge is 0.0513 e. The molecule has 2 N–H and O–H groups in total. The van der Waals surface area contributed by atoms with Crippen molar-refractivity contribution in [1.82, 2.24) is 0 Å². The topological polar surface area (TPSA) is 24.1 Å². The van der Waals surface area contributed by atoms with Gasteiger partial charge in [-0.25, -0.2) is 0 Å². The molecule has 0 bridgehead atoms. The fraction of sp³-hybridized carbons (Fsp3) is 0.484. The Morgan fingerprint density at radius 3 is 1.70 bits per heavy atom. The zero-order valence-electron chi connectivity index (χ0n) is 21.4. The quantitative estimate of drug-likeness (QED) is 0.323. The molecule has 0 amide bonds. The second kappa shape index (κ2) is 11.6. The van der Waals surface area contributed by atoms with Crippen molar-refractivity contribution in [1.29, 1.82) is 0 Å². The Morgan fingerprint density at radius 1 is 0.667 bits per heavy atom. The Balaban J connectivity index is 1.60. The lowest BCUT2D eigenvalue weighted by Gasteiger charge is -2.43. The normalized spacial score (nSPS) is 23.8. The maximum atomic E-state index is 4.25. The van der Waals surface area contributed by atoms with Crippen LogP contribution >= 0.6 is 0 Å². The van der Waals surface area contributed by atoms with Crippen molar-refractivity contribution in [3.05, 3.63) is 85.5 Å². The number of allylic oxidation sites excluding steroid dienone is 1. The zero-order valence-corrected chi connectivity index (χ0v) is 21.4. The van der Waals surface area contributed by atoms with E-state index in [4.69, 9.17) is 0 Å². The van der Waals surface area contributed by atoms with E-state index in [2.05, 4.69) is 138 Å². The van der Waals surface area contributed by atoms with E-state index in [-0.39, 0.29) is 0 Å². The molecule has 0 heterocycles. The van der Waals surface area contributed by atoms with Crippen LogP contribution in [0, 0.1) is 41.4 Å². The summed E-state index contributed by atoms with van der Waals surface area (Å²) in [7, 11) is 0. The molecule has 0 saturated carbocycles. The Kier molecular flexibility index (Phi) is 8.83. The molecule has 0 spiro atoms. The lowest BCUT2D eigenvalue weighted by Crippen LogP contribution is -2.42. The number of hydrogen-bond acceptors (Lipinski definition) is 2. The van der Waals surface area contributed by atoms with Crippen molar-refractivity contribution in [2.45, 2.75) is 53.6 Å². The maximum Gasteiger partial charge on any atom is 0.0513 e. The second-order valence-corrected chi connectivity index (χ2v) is 10.4. The highest BCUT2D eigenvalue weighted by atomic mass is 14.9. The summed E-state index contributed by atoms with van der Waals surface area (Å²) < 4.78 is 0. The van der Waals surface area contributed by atoms with Crippen LogP contribution in [0.25, 0.3) is 0 Å². The molecule has 2 nitrogen and oxygen atoms in total. The zero-order chi connectivity index (χ0) is 24.0. The number of anilines is 2. The minimum absolute atomic E-state index is 0.381. The van der Waals surface area contributed by atoms with Crippen molar-refractivity contribution in [2.75, 3.05) is 10.6 Å². The third-order valence-corrected chi connectivity index (χ3v) is 8.66. The van der Waals surface area contributed by atoms with Gasteiger partial charge in [-0.2, -0.15) is 0 Å². The second-order valence-electron chi connectivity index (χ2n) is 10.4. The predicted octanol–water partition coefficient (Wildman–Crippen LogP) is 8.14. The molecule has 178 valence electrons. The van der Waals surface area contributed by atoms with Crippen LogP contribution in [0.15, 0.2) is 85.5 Å². The van der Waals surface area contributed by atoms with Gasteiger partial charge in [0.15, 0.2) is 0 Å². The molecule has 0 saturated heterocycles. The van der Waals surface area contributed by atoms with Gasteiger partial charge in [0.1, 0.15) is 0 Å². The van der Waals surface area contributed by atoms with Crippen LogP contribution in [-0.2, 0) is 0 Å². The molecule has 2 aromatic carbocycles. The molecule has 33 heavy (non-hydrogen) atoms. The van der Waals surface area contributed by atoms with E-state index in [1.165, 1.54) is 11.4 Å². The summed E-state index contributed by atoms with van der Waals surface area (Å²) >= 11 is 0. The number of benzene rings is 2. The van der Waals surface area contributed by atoms with Gasteiger partial charge in [-0.05, 0) is 66.7 Å². The average molecular weight is 445 g/mol. The fourth-order valence-electron chi connectivity index (χ4n) is 5.48. The summed E-state index contributed by atoms with van der Waals surface area (Å²) in [4.78, 5) is 0. The number of para-hydroxylation sites is 2. The minimum atomic E-state index is 0.381. The largest absolute Gasteiger partial charge is 0.382 e. The third kappa shape index (κ3) is 6.10. The number of nitrogens with one attached hydrogen (secondary N) is 2. The highest BCUT2D eigenvalue weighted by molar-refractivity contribution is 5.46. The van der Waals surface area contributed by atoms with Crippen molar-refractivity contribution in [3.8, 4) is 0 Å². The van der Waals surface area contributed by atoms with E-state index < -0.39 is 0 Å². The molecular formula is C31H44N2. The lowest BCUT2D eigenvalue weighted by atomic mass is 9.64. The molecule has 9 atom stereocenters. The highest BCUT2D eigenvalue weighted by Crippen LogP contribution is 2.41. The molecule has 0 aliphatic heterocycles. The summed E-state index contributed by atoms with van der Waals surface area (Å²) in [5, 5.41) is 7.41. The van der Waals surface area contributed by atoms with Crippen molar-refractivity contribution in [3.63, 3.8) is 0 Å². The van der Waals surface area contributed by atoms with E-state index in [0.29, 0.717) is 53.5 Å². The first-order valence-corrected chi connectivity index (χ1v) is 12.8. The van der Waals surface area contributed by atoms with Gasteiger partial charge in [0.25, 0.3) is 0 Å². The summed E-state index contributed by atoms with van der Waals surface area (Å²) in [6.45, 7) is 18.7. The Labute approximate surface area is 202 Å². The van der Waals surface area contributed by atoms with Gasteiger partial charge in [-0.1, -0.05) is 89.2 Å². The molecule has 1 aliphatic carbocycles. The Bertz CT molecular complexity index is 874. The monoisotopic (exact) mass is 444 g/mol. The maximum absolute atomic E-state index is 4.25. The van der Waals surface area contributed by atoms with E-state index >= 15 is 0 Å². The molecule has 1 aliphatic rings. The van der Waals surface area contributed by atoms with Gasteiger partial charge in [0, 0.05) is 23.3 Å². The van der Waals surface area contributed by atoms with Gasteiger partial charge in [-0.15, -0.1) is 6.58 Å². The van der Waals surface area contributed by atoms with Crippen LogP contribution < -0.4 is 10.6 Å². The highest BCUT2D eigenvalue weighted by Gasteiger charge is 2.38. The Hall–Kier alpha value is -2.48.